The van der Waals surface area contributed by atoms with Crippen LogP contribution >= 0.6 is 11.3 Å². The summed E-state index contributed by atoms with van der Waals surface area (Å²) in [6, 6.07) is 0.226. The Kier molecular flexibility index (Phi) is 5.30. The zero-order valence-electron chi connectivity index (χ0n) is 12.7. The summed E-state index contributed by atoms with van der Waals surface area (Å²) in [6.07, 6.45) is 3.39. The molecule has 6 nitrogen and oxygen atoms in total. The number of hydrogen-bond acceptors (Lipinski definition) is 6. The highest BCUT2D eigenvalue weighted by Gasteiger charge is 2.30. The number of carbonyl (C=O) groups is 1. The van der Waals surface area contributed by atoms with Crippen molar-refractivity contribution in [2.75, 3.05) is 31.8 Å². The molecule has 1 amide bonds. The summed E-state index contributed by atoms with van der Waals surface area (Å²) in [5.41, 5.74) is 6.43. The second kappa shape index (κ2) is 7.00. The van der Waals surface area contributed by atoms with E-state index in [0.717, 1.165) is 24.3 Å². The number of thiophene rings is 1. The fourth-order valence-corrected chi connectivity index (χ4v) is 3.75. The number of methoxy groups -OCH3 is 2. The van der Waals surface area contributed by atoms with Crippen molar-refractivity contribution < 1.29 is 14.3 Å². The zero-order valence-corrected chi connectivity index (χ0v) is 13.5. The average Bonchev–Trinajstić information content (AvgIpc) is 3.04. The first-order valence-corrected chi connectivity index (χ1v) is 7.97. The number of amides is 1. The van der Waals surface area contributed by atoms with Crippen LogP contribution in [0.2, 0.25) is 0 Å². The van der Waals surface area contributed by atoms with Gasteiger partial charge < -0.3 is 25.8 Å². The Morgan fingerprint density at radius 1 is 1.43 bits per heavy atom. The maximum absolute atomic E-state index is 12.0. The van der Waals surface area contributed by atoms with E-state index in [2.05, 4.69) is 10.6 Å². The lowest BCUT2D eigenvalue weighted by Crippen LogP contribution is -2.29. The SMILES string of the molecule is CCNC(=O)c1sc(NC2CCCC2OC)c(OC)c1N. The van der Waals surface area contributed by atoms with E-state index >= 15 is 0 Å². The van der Waals surface area contributed by atoms with Crippen LogP contribution in [0.15, 0.2) is 0 Å². The van der Waals surface area contributed by atoms with Crippen LogP contribution in [0.1, 0.15) is 35.9 Å². The summed E-state index contributed by atoms with van der Waals surface area (Å²) < 4.78 is 10.8. The van der Waals surface area contributed by atoms with E-state index in [-0.39, 0.29) is 18.1 Å². The smallest absolute Gasteiger partial charge is 0.263 e. The fourth-order valence-electron chi connectivity index (χ4n) is 2.68. The molecule has 2 unspecified atom stereocenters. The molecule has 0 spiro atoms. The van der Waals surface area contributed by atoms with Gasteiger partial charge in [-0.15, -0.1) is 11.3 Å². The Balaban J connectivity index is 2.22. The van der Waals surface area contributed by atoms with Crippen LogP contribution < -0.4 is 21.1 Å². The second-order valence-corrected chi connectivity index (χ2v) is 6.04. The predicted octanol–water partition coefficient (Wildman–Crippen LogP) is 2.07. The third-order valence-corrected chi connectivity index (χ3v) is 4.84. The minimum Gasteiger partial charge on any atom is -0.492 e. The van der Waals surface area contributed by atoms with Gasteiger partial charge in [-0.2, -0.15) is 0 Å². The maximum atomic E-state index is 12.0. The summed E-state index contributed by atoms with van der Waals surface area (Å²) in [5, 5.41) is 6.99. The topological polar surface area (TPSA) is 85.6 Å². The Morgan fingerprint density at radius 3 is 2.81 bits per heavy atom. The fraction of sp³-hybridized carbons (Fsp3) is 0.643. The van der Waals surface area contributed by atoms with Gasteiger partial charge >= 0.3 is 0 Å². The molecule has 21 heavy (non-hydrogen) atoms. The van der Waals surface area contributed by atoms with E-state index < -0.39 is 0 Å². The van der Waals surface area contributed by atoms with Crippen LogP contribution in [0.3, 0.4) is 0 Å². The van der Waals surface area contributed by atoms with Gasteiger partial charge in [-0.3, -0.25) is 4.79 Å². The number of anilines is 2. The standard InChI is InChI=1S/C14H23N3O3S/c1-4-16-13(18)12-10(15)11(20-3)14(21-12)17-8-6-5-7-9(8)19-2/h8-9,17H,4-7,15H2,1-3H3,(H,16,18). The van der Waals surface area contributed by atoms with Crippen LogP contribution in [0.4, 0.5) is 10.7 Å². The van der Waals surface area contributed by atoms with Crippen molar-refractivity contribution in [3.8, 4) is 5.75 Å². The molecule has 1 aliphatic rings. The lowest BCUT2D eigenvalue weighted by molar-refractivity contribution is 0.0960. The second-order valence-electron chi connectivity index (χ2n) is 5.02. The summed E-state index contributed by atoms with van der Waals surface area (Å²) in [5.74, 6) is 0.379. The lowest BCUT2D eigenvalue weighted by atomic mass is 10.2. The van der Waals surface area contributed by atoms with Gasteiger partial charge in [-0.25, -0.2) is 0 Å². The Labute approximate surface area is 129 Å². The first-order valence-electron chi connectivity index (χ1n) is 7.16. The number of nitrogens with two attached hydrogens (primary N) is 1. The van der Waals surface area contributed by atoms with Crippen molar-refractivity contribution in [2.24, 2.45) is 0 Å². The van der Waals surface area contributed by atoms with Gasteiger partial charge in [0.25, 0.3) is 5.91 Å². The van der Waals surface area contributed by atoms with Crippen LogP contribution in [-0.4, -0.2) is 38.8 Å². The Bertz CT molecular complexity index is 504. The Morgan fingerprint density at radius 2 is 2.19 bits per heavy atom. The van der Waals surface area contributed by atoms with E-state index in [4.69, 9.17) is 15.2 Å². The van der Waals surface area contributed by atoms with Crippen LogP contribution in [0.25, 0.3) is 0 Å². The molecule has 0 radical (unpaired) electrons. The van der Waals surface area contributed by atoms with Crippen molar-refractivity contribution in [1.29, 1.82) is 0 Å². The molecule has 1 fully saturated rings. The maximum Gasteiger partial charge on any atom is 0.263 e. The van der Waals surface area contributed by atoms with Gasteiger partial charge in [-0.1, -0.05) is 0 Å². The molecular formula is C14H23N3O3S. The molecule has 118 valence electrons. The average molecular weight is 313 g/mol. The van der Waals surface area contributed by atoms with E-state index in [0.29, 0.717) is 22.9 Å². The van der Waals surface area contributed by atoms with E-state index in [1.54, 1.807) is 14.2 Å². The highest BCUT2D eigenvalue weighted by atomic mass is 32.1. The van der Waals surface area contributed by atoms with E-state index in [1.165, 1.54) is 11.3 Å². The zero-order chi connectivity index (χ0) is 15.4. The molecular weight excluding hydrogens is 290 g/mol. The molecule has 1 heterocycles. The van der Waals surface area contributed by atoms with Crippen LogP contribution in [0, 0.1) is 0 Å². The number of nitrogens with one attached hydrogen (secondary N) is 2. The summed E-state index contributed by atoms with van der Waals surface area (Å²) in [4.78, 5) is 12.5. The van der Waals surface area contributed by atoms with Crippen molar-refractivity contribution in [2.45, 2.75) is 38.3 Å². The normalized spacial score (nSPS) is 21.3. The third-order valence-electron chi connectivity index (χ3n) is 3.72. The van der Waals surface area contributed by atoms with Gasteiger partial charge in [0.15, 0.2) is 5.75 Å². The predicted molar refractivity (Wildman–Crippen MR) is 85.3 cm³/mol. The van der Waals surface area contributed by atoms with Gasteiger partial charge in [0.1, 0.15) is 15.6 Å². The number of hydrogen-bond donors (Lipinski definition) is 3. The van der Waals surface area contributed by atoms with Crippen molar-refractivity contribution >= 4 is 27.9 Å². The first-order chi connectivity index (χ1) is 10.1. The molecule has 1 aliphatic carbocycles. The molecule has 1 aromatic heterocycles. The number of nitrogen functional groups attached to an aromatic ring is 1. The van der Waals surface area contributed by atoms with E-state index in [1.807, 2.05) is 6.92 Å². The van der Waals surface area contributed by atoms with Crippen molar-refractivity contribution in [3.05, 3.63) is 4.88 Å². The molecule has 7 heteroatoms. The first kappa shape index (κ1) is 15.9. The quantitative estimate of drug-likeness (QED) is 0.748. The summed E-state index contributed by atoms with van der Waals surface area (Å²) in [6.45, 7) is 2.44. The van der Waals surface area contributed by atoms with Crippen LogP contribution in [-0.2, 0) is 4.74 Å². The highest BCUT2D eigenvalue weighted by molar-refractivity contribution is 7.19. The molecule has 0 aromatic carbocycles. The molecule has 1 aromatic rings. The van der Waals surface area contributed by atoms with E-state index in [9.17, 15) is 4.79 Å². The number of carbonyl (C=O) groups excluding carboxylic acids is 1. The molecule has 1 saturated carbocycles. The monoisotopic (exact) mass is 313 g/mol. The number of rotatable bonds is 6. The summed E-state index contributed by atoms with van der Waals surface area (Å²) in [7, 11) is 3.29. The van der Waals surface area contributed by atoms with Gasteiger partial charge in [-0.05, 0) is 26.2 Å². The molecule has 2 atom stereocenters. The molecule has 0 bridgehead atoms. The molecule has 4 N–H and O–H groups in total. The largest absolute Gasteiger partial charge is 0.492 e. The lowest BCUT2D eigenvalue weighted by Gasteiger charge is -2.20. The minimum atomic E-state index is -0.166. The molecule has 2 rings (SSSR count). The van der Waals surface area contributed by atoms with Crippen molar-refractivity contribution in [1.82, 2.24) is 5.32 Å². The Hall–Kier alpha value is -1.47. The van der Waals surface area contributed by atoms with Gasteiger partial charge in [0.2, 0.25) is 0 Å². The van der Waals surface area contributed by atoms with Gasteiger partial charge in [0.05, 0.1) is 19.3 Å². The molecule has 0 saturated heterocycles. The van der Waals surface area contributed by atoms with Crippen molar-refractivity contribution in [3.63, 3.8) is 0 Å². The number of ether oxygens (including phenoxy) is 2. The highest BCUT2D eigenvalue weighted by Crippen LogP contribution is 2.43. The summed E-state index contributed by atoms with van der Waals surface area (Å²) >= 11 is 1.33. The van der Waals surface area contributed by atoms with Crippen LogP contribution in [0.5, 0.6) is 5.75 Å². The molecule has 0 aliphatic heterocycles. The minimum absolute atomic E-state index is 0.166. The third kappa shape index (κ3) is 3.24. The van der Waals surface area contributed by atoms with Gasteiger partial charge in [0, 0.05) is 13.7 Å².